The summed E-state index contributed by atoms with van der Waals surface area (Å²) < 4.78 is 0. The van der Waals surface area contributed by atoms with Gasteiger partial charge in [0.1, 0.15) is 6.29 Å². The van der Waals surface area contributed by atoms with Crippen LogP contribution in [0.5, 0.6) is 0 Å². The van der Waals surface area contributed by atoms with Crippen LogP contribution < -0.4 is 5.73 Å². The molecule has 0 saturated carbocycles. The average molecular weight is 631 g/mol. The molecule has 0 fully saturated rings. The number of aliphatic imine (C=N–C) groups is 1. The molecule has 0 aliphatic heterocycles. The number of aryl methyl sites for hydroxylation is 2. The molecule has 0 bridgehead atoms. The third-order valence-corrected chi connectivity index (χ3v) is 5.26. The van der Waals surface area contributed by atoms with Crippen molar-refractivity contribution in [2.45, 2.75) is 13.8 Å². The van der Waals surface area contributed by atoms with Gasteiger partial charge in [0.2, 0.25) is 0 Å². The van der Waals surface area contributed by atoms with Crippen LogP contribution in [0.25, 0.3) is 0 Å². The second kappa shape index (κ2) is 18.9. The van der Waals surface area contributed by atoms with E-state index in [4.69, 9.17) is 75.3 Å². The standard InChI is InChI=1S/C14H11Cl2N.C8H8O.C6H5Cl2N.CH2Cl2/c1-10-2-4-11(5-3-10)9-17-14-7-12(15)6-13(16)8-14;1-7-2-4-8(6-9)5-3-7;7-4-1-5(8)3-6(9)2-4;2-1-3/h2-9H,1H3;2-6H,1H3;1-3H,9H2;1H2. The Kier molecular flexibility index (Phi) is 16.8. The Morgan fingerprint density at radius 1 is 0.658 bits per heavy atom. The first-order valence-electron chi connectivity index (χ1n) is 11.0. The minimum absolute atomic E-state index is 0.194. The summed E-state index contributed by atoms with van der Waals surface area (Å²) in [6.45, 7) is 4.05. The Balaban J connectivity index is 0.000000292. The van der Waals surface area contributed by atoms with E-state index < -0.39 is 0 Å². The molecule has 0 spiro atoms. The summed E-state index contributed by atoms with van der Waals surface area (Å²) in [4.78, 5) is 14.5. The minimum Gasteiger partial charge on any atom is -0.399 e. The van der Waals surface area contributed by atoms with Crippen molar-refractivity contribution in [3.8, 4) is 0 Å². The van der Waals surface area contributed by atoms with Gasteiger partial charge < -0.3 is 5.73 Å². The lowest BCUT2D eigenvalue weighted by Crippen LogP contribution is -1.82. The number of aldehydes is 1. The van der Waals surface area contributed by atoms with E-state index in [1.54, 1.807) is 42.6 Å². The zero-order valence-electron chi connectivity index (χ0n) is 20.6. The number of benzene rings is 4. The largest absolute Gasteiger partial charge is 0.399 e. The number of nitrogens with two attached hydrogens (primary N) is 1. The maximum absolute atomic E-state index is 10.1. The monoisotopic (exact) mass is 628 g/mol. The third kappa shape index (κ3) is 15.2. The Labute approximate surface area is 254 Å². The molecule has 9 heteroatoms. The van der Waals surface area contributed by atoms with Crippen LogP contribution in [-0.2, 0) is 0 Å². The molecule has 0 saturated heterocycles. The van der Waals surface area contributed by atoms with Gasteiger partial charge in [0, 0.05) is 37.6 Å². The highest BCUT2D eigenvalue weighted by Gasteiger charge is 1.96. The lowest BCUT2D eigenvalue weighted by atomic mass is 10.2. The van der Waals surface area contributed by atoms with E-state index in [2.05, 4.69) is 11.9 Å². The molecule has 0 aliphatic carbocycles. The highest BCUT2D eigenvalue weighted by Crippen LogP contribution is 2.24. The summed E-state index contributed by atoms with van der Waals surface area (Å²) in [6.07, 6.45) is 2.64. The maximum atomic E-state index is 10.1. The fourth-order valence-corrected chi connectivity index (χ4v) is 3.69. The van der Waals surface area contributed by atoms with Crippen LogP contribution in [-0.4, -0.2) is 17.8 Å². The number of alkyl halides is 2. The van der Waals surface area contributed by atoms with Crippen molar-refractivity contribution < 1.29 is 4.79 Å². The molecule has 0 aliphatic rings. The first-order chi connectivity index (χ1) is 18.1. The van der Waals surface area contributed by atoms with Crippen molar-refractivity contribution in [1.82, 2.24) is 0 Å². The summed E-state index contributed by atoms with van der Waals surface area (Å²) in [5.74, 6) is 0. The molecule has 2 N–H and O–H groups in total. The molecule has 0 radical (unpaired) electrons. The number of nitrogen functional groups attached to an aromatic ring is 1. The molecular weight excluding hydrogens is 605 g/mol. The van der Waals surface area contributed by atoms with Gasteiger partial charge in [-0.3, -0.25) is 9.79 Å². The fourth-order valence-electron chi connectivity index (χ4n) is 2.64. The Bertz CT molecular complexity index is 1220. The lowest BCUT2D eigenvalue weighted by molar-refractivity contribution is 0.112. The van der Waals surface area contributed by atoms with Crippen LogP contribution in [0, 0.1) is 13.8 Å². The topological polar surface area (TPSA) is 55.5 Å². The number of hydrogen-bond donors (Lipinski definition) is 1. The Morgan fingerprint density at radius 3 is 1.39 bits per heavy atom. The van der Waals surface area contributed by atoms with E-state index in [9.17, 15) is 4.79 Å². The summed E-state index contributed by atoms with van der Waals surface area (Å²) in [7, 11) is 0. The van der Waals surface area contributed by atoms with Gasteiger partial charge >= 0.3 is 0 Å². The first-order valence-corrected chi connectivity index (χ1v) is 13.6. The number of nitrogens with zero attached hydrogens (tertiary/aromatic N) is 1. The van der Waals surface area contributed by atoms with E-state index >= 15 is 0 Å². The smallest absolute Gasteiger partial charge is 0.150 e. The molecule has 38 heavy (non-hydrogen) atoms. The van der Waals surface area contributed by atoms with Crippen molar-refractivity contribution in [3.05, 3.63) is 127 Å². The van der Waals surface area contributed by atoms with E-state index in [1.807, 2.05) is 55.5 Å². The predicted molar refractivity (Wildman–Crippen MR) is 169 cm³/mol. The second-order valence-corrected chi connectivity index (χ2v) is 10.2. The van der Waals surface area contributed by atoms with Crippen LogP contribution in [0.15, 0.2) is 89.9 Å². The number of carbonyl (C=O) groups is 1. The van der Waals surface area contributed by atoms with Crippen molar-refractivity contribution in [2.24, 2.45) is 4.99 Å². The zero-order chi connectivity index (χ0) is 28.5. The van der Waals surface area contributed by atoms with Crippen LogP contribution in [0.3, 0.4) is 0 Å². The maximum Gasteiger partial charge on any atom is 0.150 e. The average Bonchev–Trinajstić information content (AvgIpc) is 2.84. The van der Waals surface area contributed by atoms with Gasteiger partial charge in [-0.15, -0.1) is 23.2 Å². The van der Waals surface area contributed by atoms with E-state index in [0.29, 0.717) is 25.8 Å². The van der Waals surface area contributed by atoms with E-state index in [-0.39, 0.29) is 5.34 Å². The molecule has 4 aromatic carbocycles. The number of hydrogen-bond acceptors (Lipinski definition) is 3. The first kappa shape index (κ1) is 33.8. The zero-order valence-corrected chi connectivity index (χ0v) is 25.2. The normalized spacial score (nSPS) is 9.79. The number of carbonyl (C=O) groups excluding carboxylic acids is 1. The highest BCUT2D eigenvalue weighted by atomic mass is 35.5. The SMILES string of the molecule is Cc1ccc(C=Nc2cc(Cl)cc(Cl)c2)cc1.Cc1ccc(C=O)cc1.ClCCl.Nc1cc(Cl)cc(Cl)c1. The molecular formula is C29H26Cl6N2O. The molecule has 0 amide bonds. The van der Waals surface area contributed by atoms with Crippen LogP contribution >= 0.6 is 69.6 Å². The lowest BCUT2D eigenvalue weighted by Gasteiger charge is -1.97. The van der Waals surface area contributed by atoms with Crippen molar-refractivity contribution in [1.29, 1.82) is 0 Å². The van der Waals surface area contributed by atoms with Crippen molar-refractivity contribution in [3.63, 3.8) is 0 Å². The Hall–Kier alpha value is -2.24. The van der Waals surface area contributed by atoms with Crippen LogP contribution in [0.4, 0.5) is 11.4 Å². The van der Waals surface area contributed by atoms with Gasteiger partial charge in [-0.1, -0.05) is 106 Å². The molecule has 200 valence electrons. The van der Waals surface area contributed by atoms with Gasteiger partial charge in [0.05, 0.1) is 11.0 Å². The van der Waals surface area contributed by atoms with Gasteiger partial charge in [0.15, 0.2) is 0 Å². The van der Waals surface area contributed by atoms with Gasteiger partial charge in [-0.05, 0) is 55.8 Å². The number of rotatable bonds is 3. The van der Waals surface area contributed by atoms with Crippen molar-refractivity contribution in [2.75, 3.05) is 11.1 Å². The molecule has 0 unspecified atom stereocenters. The van der Waals surface area contributed by atoms with E-state index in [1.165, 1.54) is 11.1 Å². The highest BCUT2D eigenvalue weighted by molar-refractivity contribution is 6.40. The summed E-state index contributed by atoms with van der Waals surface area (Å²) in [5.41, 5.74) is 10.9. The van der Waals surface area contributed by atoms with Crippen LogP contribution in [0.2, 0.25) is 20.1 Å². The number of anilines is 1. The predicted octanol–water partition coefficient (Wildman–Crippen LogP) is 10.9. The molecule has 0 atom stereocenters. The number of halogens is 6. The molecule has 0 heterocycles. The molecule has 4 rings (SSSR count). The van der Waals surface area contributed by atoms with Crippen LogP contribution in [0.1, 0.15) is 27.0 Å². The summed E-state index contributed by atoms with van der Waals surface area (Å²) in [5, 5.41) is 2.52. The molecule has 4 aromatic rings. The Morgan fingerprint density at radius 2 is 1.03 bits per heavy atom. The van der Waals surface area contributed by atoms with Gasteiger partial charge in [0.25, 0.3) is 0 Å². The van der Waals surface area contributed by atoms with Gasteiger partial charge in [-0.2, -0.15) is 0 Å². The summed E-state index contributed by atoms with van der Waals surface area (Å²) >= 11 is 32.5. The van der Waals surface area contributed by atoms with E-state index in [0.717, 1.165) is 23.1 Å². The molecule has 0 aromatic heterocycles. The quantitative estimate of drug-likeness (QED) is 0.106. The summed E-state index contributed by atoms with van der Waals surface area (Å²) in [6, 6.07) is 25.8. The van der Waals surface area contributed by atoms with Crippen molar-refractivity contribution >= 4 is 93.5 Å². The molecule has 3 nitrogen and oxygen atoms in total. The second-order valence-electron chi connectivity index (χ2n) is 7.63. The minimum atomic E-state index is 0.194. The third-order valence-electron chi connectivity index (χ3n) is 4.39. The van der Waals surface area contributed by atoms with Gasteiger partial charge in [-0.25, -0.2) is 0 Å². The fraction of sp³-hybridized carbons (Fsp3) is 0.103.